The van der Waals surface area contributed by atoms with E-state index in [9.17, 15) is 9.59 Å². The van der Waals surface area contributed by atoms with Gasteiger partial charge < -0.3 is 10.2 Å². The van der Waals surface area contributed by atoms with Crippen LogP contribution in [0.3, 0.4) is 0 Å². The topological polar surface area (TPSA) is 49.4 Å². The predicted octanol–water partition coefficient (Wildman–Crippen LogP) is 3.83. The van der Waals surface area contributed by atoms with Crippen molar-refractivity contribution in [3.05, 3.63) is 65.2 Å². The summed E-state index contributed by atoms with van der Waals surface area (Å²) in [5, 5.41) is 3.56. The molecule has 1 atom stereocenters. The highest BCUT2D eigenvalue weighted by atomic mass is 35.5. The number of aryl methyl sites for hydroxylation is 1. The molecule has 0 spiro atoms. The normalized spacial score (nSPS) is 16.7. The molecule has 1 saturated heterocycles. The summed E-state index contributed by atoms with van der Waals surface area (Å²) in [5.74, 6) is -0.366. The molecule has 1 N–H and O–H groups in total. The van der Waals surface area contributed by atoms with Gasteiger partial charge in [-0.05, 0) is 43.0 Å². The van der Waals surface area contributed by atoms with Crippen molar-refractivity contribution in [1.82, 2.24) is 5.32 Å². The molecule has 0 bridgehead atoms. The molecule has 0 unspecified atom stereocenters. The lowest BCUT2D eigenvalue weighted by atomic mass is 10.1. The highest BCUT2D eigenvalue weighted by molar-refractivity contribution is 6.30. The zero-order chi connectivity index (χ0) is 18.4. The van der Waals surface area contributed by atoms with Gasteiger partial charge in [-0.3, -0.25) is 9.59 Å². The predicted molar refractivity (Wildman–Crippen MR) is 104 cm³/mol. The van der Waals surface area contributed by atoms with Gasteiger partial charge in [0.25, 0.3) is 0 Å². The number of carbonyl (C=O) groups is 2. The van der Waals surface area contributed by atoms with Gasteiger partial charge in [0.2, 0.25) is 11.8 Å². The van der Waals surface area contributed by atoms with Crippen molar-refractivity contribution in [1.29, 1.82) is 0 Å². The second-order valence-electron chi connectivity index (χ2n) is 6.62. The van der Waals surface area contributed by atoms with Crippen molar-refractivity contribution in [2.45, 2.75) is 25.7 Å². The first-order chi connectivity index (χ1) is 12.6. The van der Waals surface area contributed by atoms with Crippen LogP contribution in [0, 0.1) is 5.92 Å². The lowest BCUT2D eigenvalue weighted by molar-refractivity contribution is -0.126. The van der Waals surface area contributed by atoms with E-state index < -0.39 is 0 Å². The van der Waals surface area contributed by atoms with Crippen LogP contribution in [0.4, 0.5) is 5.69 Å². The van der Waals surface area contributed by atoms with Crippen LogP contribution in [0.5, 0.6) is 0 Å². The summed E-state index contributed by atoms with van der Waals surface area (Å²) in [6.07, 6.45) is 3.23. The molecule has 5 heteroatoms. The number of benzene rings is 2. The van der Waals surface area contributed by atoms with Crippen LogP contribution < -0.4 is 10.2 Å². The first-order valence-electron chi connectivity index (χ1n) is 9.01. The summed E-state index contributed by atoms with van der Waals surface area (Å²) >= 11 is 6.00. The van der Waals surface area contributed by atoms with Crippen molar-refractivity contribution in [3.63, 3.8) is 0 Å². The molecule has 2 aromatic rings. The molecule has 4 nitrogen and oxygen atoms in total. The molecule has 0 radical (unpaired) electrons. The van der Waals surface area contributed by atoms with Crippen LogP contribution in [-0.4, -0.2) is 24.9 Å². The third kappa shape index (κ3) is 4.85. The maximum absolute atomic E-state index is 12.4. The second kappa shape index (κ2) is 8.86. The van der Waals surface area contributed by atoms with Gasteiger partial charge >= 0.3 is 0 Å². The molecule has 1 aliphatic rings. The summed E-state index contributed by atoms with van der Waals surface area (Å²) in [6.45, 7) is 1.06. The van der Waals surface area contributed by atoms with E-state index in [0.717, 1.165) is 24.9 Å². The molecular weight excluding hydrogens is 348 g/mol. The Morgan fingerprint density at radius 3 is 2.69 bits per heavy atom. The van der Waals surface area contributed by atoms with Crippen molar-refractivity contribution < 1.29 is 9.59 Å². The van der Waals surface area contributed by atoms with Crippen molar-refractivity contribution in [3.8, 4) is 0 Å². The van der Waals surface area contributed by atoms with Gasteiger partial charge in [0.05, 0.1) is 5.92 Å². The molecule has 2 aromatic carbocycles. The number of rotatable bonds is 7. The Morgan fingerprint density at radius 2 is 1.92 bits per heavy atom. The Labute approximate surface area is 159 Å². The molecule has 1 fully saturated rings. The third-order valence-corrected chi connectivity index (χ3v) is 4.89. The van der Waals surface area contributed by atoms with Crippen LogP contribution in [-0.2, 0) is 16.0 Å². The number of halogens is 1. The van der Waals surface area contributed by atoms with Crippen LogP contribution in [0.25, 0.3) is 0 Å². The van der Waals surface area contributed by atoms with Crippen LogP contribution in [0.15, 0.2) is 54.6 Å². The zero-order valence-electron chi connectivity index (χ0n) is 14.7. The van der Waals surface area contributed by atoms with E-state index in [1.165, 1.54) is 5.56 Å². The van der Waals surface area contributed by atoms with Gasteiger partial charge in [0.1, 0.15) is 0 Å². The van der Waals surface area contributed by atoms with Gasteiger partial charge in [0.15, 0.2) is 0 Å². The maximum Gasteiger partial charge on any atom is 0.227 e. The molecule has 1 aliphatic heterocycles. The van der Waals surface area contributed by atoms with Gasteiger partial charge in [0, 0.05) is 30.2 Å². The fraction of sp³-hybridized carbons (Fsp3) is 0.333. The third-order valence-electron chi connectivity index (χ3n) is 4.65. The Bertz CT molecular complexity index is 764. The molecule has 26 heavy (non-hydrogen) atoms. The van der Waals surface area contributed by atoms with Crippen LogP contribution in [0.1, 0.15) is 24.8 Å². The number of amides is 2. The monoisotopic (exact) mass is 370 g/mol. The number of hydrogen-bond donors (Lipinski definition) is 1. The van der Waals surface area contributed by atoms with Gasteiger partial charge in [-0.15, -0.1) is 0 Å². The van der Waals surface area contributed by atoms with Crippen molar-refractivity contribution >= 4 is 29.1 Å². The molecule has 3 rings (SSSR count). The summed E-state index contributed by atoms with van der Waals surface area (Å²) in [5.41, 5.74) is 2.07. The number of unbranched alkanes of at least 4 members (excludes halogenated alkanes) is 1. The first-order valence-corrected chi connectivity index (χ1v) is 9.39. The lowest BCUT2D eigenvalue weighted by Gasteiger charge is -2.17. The molecule has 0 aromatic heterocycles. The summed E-state index contributed by atoms with van der Waals surface area (Å²) in [6, 6.07) is 17.5. The molecule has 1 heterocycles. The number of hydrogen-bond acceptors (Lipinski definition) is 2. The van der Waals surface area contributed by atoms with Gasteiger partial charge in [-0.2, -0.15) is 0 Å². The average Bonchev–Trinajstić information content (AvgIpc) is 3.04. The number of carbonyl (C=O) groups excluding carboxylic acids is 2. The number of nitrogens with one attached hydrogen (secondary N) is 1. The molecule has 0 aliphatic carbocycles. The van der Waals surface area contributed by atoms with Crippen LogP contribution in [0.2, 0.25) is 5.02 Å². The van der Waals surface area contributed by atoms with Crippen molar-refractivity contribution in [2.75, 3.05) is 18.0 Å². The molecule has 136 valence electrons. The van der Waals surface area contributed by atoms with E-state index in [0.29, 0.717) is 18.1 Å². The van der Waals surface area contributed by atoms with Crippen molar-refractivity contribution in [2.24, 2.45) is 5.92 Å². The van der Waals surface area contributed by atoms with E-state index >= 15 is 0 Å². The summed E-state index contributed by atoms with van der Waals surface area (Å²) < 4.78 is 0. The second-order valence-corrected chi connectivity index (χ2v) is 7.06. The lowest BCUT2D eigenvalue weighted by Crippen LogP contribution is -2.33. The summed E-state index contributed by atoms with van der Waals surface area (Å²) in [4.78, 5) is 26.2. The van der Waals surface area contributed by atoms with Gasteiger partial charge in [-0.25, -0.2) is 0 Å². The van der Waals surface area contributed by atoms with E-state index in [4.69, 9.17) is 11.6 Å². The largest absolute Gasteiger partial charge is 0.356 e. The Hall–Kier alpha value is -2.33. The standard InChI is InChI=1S/C21H23ClN2O2/c22-18-10-6-11-19(14-18)24-15-17(13-20(24)25)21(26)23-12-5-4-9-16-7-2-1-3-8-16/h1-3,6-8,10-11,14,17H,4-5,9,12-13,15H2,(H,23,26)/t17-/m1/s1. The SMILES string of the molecule is O=C(NCCCCc1ccccc1)[C@@H]1CC(=O)N(c2cccc(Cl)c2)C1. The molecular formula is C21H23ClN2O2. The number of nitrogens with zero attached hydrogens (tertiary/aromatic N) is 1. The minimum Gasteiger partial charge on any atom is -0.356 e. The van der Waals surface area contributed by atoms with E-state index in [2.05, 4.69) is 17.4 Å². The van der Waals surface area contributed by atoms with Crippen LogP contribution >= 0.6 is 11.6 Å². The fourth-order valence-electron chi connectivity index (χ4n) is 3.23. The van der Waals surface area contributed by atoms with E-state index in [-0.39, 0.29) is 24.2 Å². The molecule has 0 saturated carbocycles. The van der Waals surface area contributed by atoms with Gasteiger partial charge in [-0.1, -0.05) is 48.0 Å². The number of anilines is 1. The Kier molecular flexibility index (Phi) is 6.29. The van der Waals surface area contributed by atoms with E-state index in [1.807, 2.05) is 30.3 Å². The smallest absolute Gasteiger partial charge is 0.227 e. The Morgan fingerprint density at radius 1 is 1.12 bits per heavy atom. The Balaban J connectivity index is 1.42. The molecule has 2 amide bonds. The highest BCUT2D eigenvalue weighted by Crippen LogP contribution is 2.27. The summed E-state index contributed by atoms with van der Waals surface area (Å²) in [7, 11) is 0. The average molecular weight is 371 g/mol. The highest BCUT2D eigenvalue weighted by Gasteiger charge is 2.34. The fourth-order valence-corrected chi connectivity index (χ4v) is 3.42. The first kappa shape index (κ1) is 18.5. The maximum atomic E-state index is 12.4. The quantitative estimate of drug-likeness (QED) is 0.753. The minimum absolute atomic E-state index is 0.0310. The van der Waals surface area contributed by atoms with E-state index in [1.54, 1.807) is 17.0 Å². The zero-order valence-corrected chi connectivity index (χ0v) is 15.4. The minimum atomic E-state index is -0.296.